The standard InChI is InChI=1S/C27H29FN2O3/c1-4-15-27(3,23-10-12-24(28)13-11-23)16-17-30(26(32)33)19(2)20-5-7-21(8-6-20)22-9-14-25(31)29-18-22/h4-14,18-19H,1,15-17H2,2-3H3,(H,29,31)(H,32,33)/t19-,27?/m0/s1. The van der Waals surface area contributed by atoms with E-state index in [0.717, 1.165) is 22.3 Å². The number of benzene rings is 2. The van der Waals surface area contributed by atoms with Gasteiger partial charge in [-0.15, -0.1) is 6.58 Å². The van der Waals surface area contributed by atoms with Gasteiger partial charge in [-0.1, -0.05) is 49.4 Å². The van der Waals surface area contributed by atoms with Gasteiger partial charge in [0.15, 0.2) is 0 Å². The SMILES string of the molecule is C=CCC(C)(CCN(C(=O)O)[C@@H](C)c1ccc(-c2ccc(=O)[nH]c2)cc1)c1ccc(F)cc1. The van der Waals surface area contributed by atoms with Crippen molar-refractivity contribution < 1.29 is 14.3 Å². The number of hydrogen-bond acceptors (Lipinski definition) is 2. The van der Waals surface area contributed by atoms with Gasteiger partial charge < -0.3 is 15.0 Å². The molecule has 172 valence electrons. The third kappa shape index (κ3) is 5.77. The summed E-state index contributed by atoms with van der Waals surface area (Å²) in [5.74, 6) is -0.300. The number of amides is 1. The number of allylic oxidation sites excluding steroid dienone is 1. The molecule has 0 aliphatic carbocycles. The molecule has 0 aliphatic heterocycles. The molecule has 5 nitrogen and oxygen atoms in total. The maximum absolute atomic E-state index is 13.4. The van der Waals surface area contributed by atoms with Crippen molar-refractivity contribution in [2.45, 2.75) is 38.1 Å². The third-order valence-electron chi connectivity index (χ3n) is 6.26. The summed E-state index contributed by atoms with van der Waals surface area (Å²) >= 11 is 0. The summed E-state index contributed by atoms with van der Waals surface area (Å²) in [6.45, 7) is 8.08. The Kier molecular flexibility index (Phi) is 7.48. The van der Waals surface area contributed by atoms with E-state index in [1.165, 1.54) is 23.1 Å². The molecule has 0 saturated heterocycles. The third-order valence-corrected chi connectivity index (χ3v) is 6.26. The minimum Gasteiger partial charge on any atom is -0.465 e. The van der Waals surface area contributed by atoms with Crippen LogP contribution in [0, 0.1) is 5.82 Å². The van der Waals surface area contributed by atoms with Crippen molar-refractivity contribution in [2.24, 2.45) is 0 Å². The van der Waals surface area contributed by atoms with Crippen molar-refractivity contribution >= 4 is 6.09 Å². The Balaban J connectivity index is 1.78. The molecule has 1 amide bonds. The second-order valence-corrected chi connectivity index (χ2v) is 8.53. The molecule has 1 aromatic heterocycles. The number of hydrogen-bond donors (Lipinski definition) is 2. The first-order chi connectivity index (χ1) is 15.7. The predicted octanol–water partition coefficient (Wildman–Crippen LogP) is 6.15. The molecule has 3 rings (SSSR count). The number of nitrogens with zero attached hydrogens (tertiary/aromatic N) is 1. The average Bonchev–Trinajstić information content (AvgIpc) is 2.80. The van der Waals surface area contributed by atoms with Gasteiger partial charge in [-0.25, -0.2) is 9.18 Å². The lowest BCUT2D eigenvalue weighted by atomic mass is 9.76. The van der Waals surface area contributed by atoms with Gasteiger partial charge in [0.2, 0.25) is 5.56 Å². The van der Waals surface area contributed by atoms with E-state index in [0.29, 0.717) is 19.4 Å². The molecular formula is C27H29FN2O3. The number of nitrogens with one attached hydrogen (secondary N) is 1. The lowest BCUT2D eigenvalue weighted by Crippen LogP contribution is -2.36. The van der Waals surface area contributed by atoms with Gasteiger partial charge in [0.25, 0.3) is 0 Å². The molecule has 6 heteroatoms. The number of halogens is 1. The van der Waals surface area contributed by atoms with E-state index < -0.39 is 6.09 Å². The summed E-state index contributed by atoms with van der Waals surface area (Å²) in [4.78, 5) is 27.5. The van der Waals surface area contributed by atoms with Crippen molar-refractivity contribution in [3.8, 4) is 11.1 Å². The average molecular weight is 449 g/mol. The molecule has 0 aliphatic rings. The van der Waals surface area contributed by atoms with Crippen LogP contribution < -0.4 is 5.56 Å². The molecule has 33 heavy (non-hydrogen) atoms. The highest BCUT2D eigenvalue weighted by atomic mass is 19.1. The molecule has 2 N–H and O–H groups in total. The van der Waals surface area contributed by atoms with Gasteiger partial charge in [0.05, 0.1) is 6.04 Å². The number of rotatable bonds is 9. The van der Waals surface area contributed by atoms with Crippen molar-refractivity contribution in [2.75, 3.05) is 6.54 Å². The molecule has 1 heterocycles. The highest BCUT2D eigenvalue weighted by molar-refractivity contribution is 5.66. The molecule has 0 spiro atoms. The molecule has 2 atom stereocenters. The van der Waals surface area contributed by atoms with E-state index in [2.05, 4.69) is 11.6 Å². The van der Waals surface area contributed by atoms with Gasteiger partial charge in [0, 0.05) is 18.8 Å². The molecule has 0 fully saturated rings. The highest BCUT2D eigenvalue weighted by Gasteiger charge is 2.29. The van der Waals surface area contributed by atoms with Crippen LogP contribution in [0.2, 0.25) is 0 Å². The maximum atomic E-state index is 13.4. The van der Waals surface area contributed by atoms with Crippen LogP contribution in [0.25, 0.3) is 11.1 Å². The van der Waals surface area contributed by atoms with Crippen molar-refractivity contribution in [3.63, 3.8) is 0 Å². The van der Waals surface area contributed by atoms with Gasteiger partial charge in [-0.2, -0.15) is 0 Å². The van der Waals surface area contributed by atoms with Crippen LogP contribution in [-0.4, -0.2) is 27.6 Å². The molecule has 3 aromatic rings. The Morgan fingerprint density at radius 2 is 1.76 bits per heavy atom. The van der Waals surface area contributed by atoms with E-state index in [1.54, 1.807) is 24.4 Å². The zero-order valence-corrected chi connectivity index (χ0v) is 18.9. The smallest absolute Gasteiger partial charge is 0.407 e. The van der Waals surface area contributed by atoms with Crippen molar-refractivity contribution in [3.05, 3.63) is 107 Å². The fourth-order valence-corrected chi connectivity index (χ4v) is 4.08. The van der Waals surface area contributed by atoms with E-state index in [4.69, 9.17) is 0 Å². The number of pyridine rings is 1. The number of carboxylic acid groups (broad SMARTS) is 1. The molecule has 0 bridgehead atoms. The summed E-state index contributed by atoms with van der Waals surface area (Å²) in [6.07, 6.45) is 3.69. The maximum Gasteiger partial charge on any atom is 0.407 e. The minimum absolute atomic E-state index is 0.162. The van der Waals surface area contributed by atoms with Gasteiger partial charge >= 0.3 is 6.09 Å². The van der Waals surface area contributed by atoms with Crippen LogP contribution in [0.3, 0.4) is 0 Å². The van der Waals surface area contributed by atoms with Gasteiger partial charge in [-0.05, 0) is 65.6 Å². The highest BCUT2D eigenvalue weighted by Crippen LogP contribution is 2.34. The first-order valence-corrected chi connectivity index (χ1v) is 10.9. The van der Waals surface area contributed by atoms with Crippen LogP contribution in [-0.2, 0) is 5.41 Å². The first kappa shape index (κ1) is 24.0. The summed E-state index contributed by atoms with van der Waals surface area (Å²) in [6, 6.07) is 16.9. The number of carbonyl (C=O) groups is 1. The second-order valence-electron chi connectivity index (χ2n) is 8.53. The van der Waals surface area contributed by atoms with E-state index in [-0.39, 0.29) is 22.8 Å². The van der Waals surface area contributed by atoms with E-state index >= 15 is 0 Å². The van der Waals surface area contributed by atoms with Crippen LogP contribution in [0.1, 0.15) is 43.9 Å². The summed E-state index contributed by atoms with van der Waals surface area (Å²) in [7, 11) is 0. The van der Waals surface area contributed by atoms with E-state index in [9.17, 15) is 19.1 Å². The Bertz CT molecular complexity index is 1130. The normalized spacial score (nSPS) is 13.7. The fourth-order valence-electron chi connectivity index (χ4n) is 4.08. The number of H-pyrrole nitrogens is 1. The van der Waals surface area contributed by atoms with Crippen LogP contribution >= 0.6 is 0 Å². The zero-order chi connectivity index (χ0) is 24.0. The molecule has 0 saturated carbocycles. The molecular weight excluding hydrogens is 419 g/mol. The second kappa shape index (κ2) is 10.3. The summed E-state index contributed by atoms with van der Waals surface area (Å²) < 4.78 is 13.4. The number of aromatic amines is 1. The van der Waals surface area contributed by atoms with Crippen LogP contribution in [0.15, 0.2) is 84.3 Å². The summed E-state index contributed by atoms with van der Waals surface area (Å²) in [5, 5.41) is 9.92. The van der Waals surface area contributed by atoms with Crippen molar-refractivity contribution in [1.29, 1.82) is 0 Å². The first-order valence-electron chi connectivity index (χ1n) is 10.9. The predicted molar refractivity (Wildman–Crippen MR) is 129 cm³/mol. The van der Waals surface area contributed by atoms with Crippen LogP contribution in [0.5, 0.6) is 0 Å². The topological polar surface area (TPSA) is 73.4 Å². The summed E-state index contributed by atoms with van der Waals surface area (Å²) in [5.41, 5.74) is 3.11. The monoisotopic (exact) mass is 448 g/mol. The zero-order valence-electron chi connectivity index (χ0n) is 18.9. The van der Waals surface area contributed by atoms with Gasteiger partial charge in [-0.3, -0.25) is 4.79 Å². The lowest BCUT2D eigenvalue weighted by molar-refractivity contribution is 0.123. The van der Waals surface area contributed by atoms with Crippen molar-refractivity contribution in [1.82, 2.24) is 9.88 Å². The van der Waals surface area contributed by atoms with Gasteiger partial charge in [0.1, 0.15) is 5.82 Å². The quantitative estimate of drug-likeness (QED) is 0.386. The molecule has 0 radical (unpaired) electrons. The van der Waals surface area contributed by atoms with Crippen LogP contribution in [0.4, 0.5) is 9.18 Å². The molecule has 2 aromatic carbocycles. The Hall–Kier alpha value is -3.67. The number of aromatic nitrogens is 1. The Labute approximate surface area is 193 Å². The largest absolute Gasteiger partial charge is 0.465 e. The lowest BCUT2D eigenvalue weighted by Gasteiger charge is -2.34. The van der Waals surface area contributed by atoms with E-state index in [1.807, 2.05) is 44.2 Å². The minimum atomic E-state index is -0.993. The fraction of sp³-hybridized carbons (Fsp3) is 0.259. The Morgan fingerprint density at radius 3 is 2.30 bits per heavy atom. The Morgan fingerprint density at radius 1 is 1.12 bits per heavy atom. The molecule has 1 unspecified atom stereocenters.